The summed E-state index contributed by atoms with van der Waals surface area (Å²) >= 11 is 0. The van der Waals surface area contributed by atoms with E-state index in [1.165, 1.54) is 16.4 Å². The normalized spacial score (nSPS) is 11.3. The number of aryl methyl sites for hydroxylation is 1. The van der Waals surface area contributed by atoms with E-state index in [1.807, 2.05) is 62.4 Å². The Morgan fingerprint density at radius 1 is 0.857 bits per heavy atom. The van der Waals surface area contributed by atoms with E-state index >= 15 is 0 Å². The molecule has 0 aromatic heterocycles. The van der Waals surface area contributed by atoms with Gasteiger partial charge in [0.15, 0.2) is 0 Å². The number of sulfonamides is 1. The van der Waals surface area contributed by atoms with E-state index in [0.717, 1.165) is 21.9 Å². The fourth-order valence-corrected chi connectivity index (χ4v) is 5.33. The van der Waals surface area contributed by atoms with Gasteiger partial charge in [-0.2, -0.15) is 0 Å². The van der Waals surface area contributed by atoms with Gasteiger partial charge in [-0.15, -0.1) is 0 Å². The zero-order valence-electron chi connectivity index (χ0n) is 19.8. The van der Waals surface area contributed by atoms with Gasteiger partial charge in [0.05, 0.1) is 17.1 Å². The van der Waals surface area contributed by atoms with Gasteiger partial charge in [-0.25, -0.2) is 8.42 Å². The third kappa shape index (κ3) is 5.63. The van der Waals surface area contributed by atoms with Crippen molar-refractivity contribution < 1.29 is 17.9 Å². The quantitative estimate of drug-likeness (QED) is 0.342. The Bertz CT molecular complexity index is 1440. The molecule has 0 bridgehead atoms. The molecule has 0 fully saturated rings. The number of hydrogen-bond donors (Lipinski definition) is 1. The van der Waals surface area contributed by atoms with E-state index in [-0.39, 0.29) is 24.6 Å². The molecule has 0 atom stereocenters. The first-order valence-corrected chi connectivity index (χ1v) is 12.8. The van der Waals surface area contributed by atoms with Crippen LogP contribution < -0.4 is 14.4 Å². The molecule has 0 saturated carbocycles. The van der Waals surface area contributed by atoms with Crippen LogP contribution in [0.25, 0.3) is 10.8 Å². The van der Waals surface area contributed by atoms with Crippen molar-refractivity contribution in [3.05, 3.63) is 102 Å². The predicted molar refractivity (Wildman–Crippen MR) is 139 cm³/mol. The van der Waals surface area contributed by atoms with Crippen LogP contribution in [0.5, 0.6) is 5.75 Å². The summed E-state index contributed by atoms with van der Waals surface area (Å²) in [5, 5.41) is 4.98. The molecule has 0 aliphatic rings. The monoisotopic (exact) mass is 488 g/mol. The van der Waals surface area contributed by atoms with Gasteiger partial charge in [0.1, 0.15) is 18.9 Å². The maximum absolute atomic E-state index is 13.5. The molecule has 4 aromatic rings. The van der Waals surface area contributed by atoms with Gasteiger partial charge in [0, 0.05) is 0 Å². The van der Waals surface area contributed by atoms with Crippen molar-refractivity contribution in [1.29, 1.82) is 0 Å². The Labute approximate surface area is 206 Å². The van der Waals surface area contributed by atoms with Crippen LogP contribution in [0, 0.1) is 13.8 Å². The van der Waals surface area contributed by atoms with Crippen LogP contribution in [0.1, 0.15) is 11.1 Å². The molecule has 0 unspecified atom stereocenters. The number of rotatable bonds is 9. The Kier molecular flexibility index (Phi) is 7.36. The minimum Gasteiger partial charge on any atom is -0.492 e. The summed E-state index contributed by atoms with van der Waals surface area (Å²) in [4.78, 5) is 12.9. The lowest BCUT2D eigenvalue weighted by Gasteiger charge is -2.26. The van der Waals surface area contributed by atoms with E-state index < -0.39 is 15.9 Å². The molecule has 35 heavy (non-hydrogen) atoms. The van der Waals surface area contributed by atoms with Gasteiger partial charge >= 0.3 is 0 Å². The summed E-state index contributed by atoms with van der Waals surface area (Å²) in [7, 11) is -3.94. The largest absolute Gasteiger partial charge is 0.492 e. The molecule has 7 heteroatoms. The minimum atomic E-state index is -3.94. The van der Waals surface area contributed by atoms with Crippen molar-refractivity contribution in [1.82, 2.24) is 5.32 Å². The number of amides is 1. The standard InChI is InChI=1S/C28H28N2O4S/c1-21-9-8-14-27(22(21)2)30(35(32,33)26-12-4-3-5-13-26)20-28(31)29-17-18-34-25-16-15-23-10-6-7-11-24(23)19-25/h3-16,19H,17-18,20H2,1-2H3,(H,29,31). The summed E-state index contributed by atoms with van der Waals surface area (Å²) < 4.78 is 33.9. The second-order valence-corrected chi connectivity index (χ2v) is 10.1. The van der Waals surface area contributed by atoms with Gasteiger partial charge < -0.3 is 10.1 Å². The molecule has 0 heterocycles. The predicted octanol–water partition coefficient (Wildman–Crippen LogP) is 4.85. The van der Waals surface area contributed by atoms with Crippen molar-refractivity contribution in [3.8, 4) is 5.75 Å². The van der Waals surface area contributed by atoms with E-state index in [4.69, 9.17) is 4.74 Å². The highest BCUT2D eigenvalue weighted by Crippen LogP contribution is 2.28. The van der Waals surface area contributed by atoms with Crippen LogP contribution in [0.3, 0.4) is 0 Å². The van der Waals surface area contributed by atoms with E-state index in [0.29, 0.717) is 11.4 Å². The molecule has 0 aliphatic carbocycles. The Morgan fingerprint density at radius 2 is 1.57 bits per heavy atom. The fraction of sp³-hybridized carbons (Fsp3) is 0.179. The number of fused-ring (bicyclic) bond motifs is 1. The fourth-order valence-electron chi connectivity index (χ4n) is 3.83. The number of benzene rings is 4. The summed E-state index contributed by atoms with van der Waals surface area (Å²) in [6.07, 6.45) is 0. The van der Waals surface area contributed by atoms with Crippen molar-refractivity contribution >= 4 is 32.4 Å². The average molecular weight is 489 g/mol. The number of nitrogens with zero attached hydrogens (tertiary/aromatic N) is 1. The number of carbonyl (C=O) groups excluding carboxylic acids is 1. The Balaban J connectivity index is 1.44. The number of anilines is 1. The molecule has 4 rings (SSSR count). The van der Waals surface area contributed by atoms with Crippen LogP contribution in [-0.2, 0) is 14.8 Å². The Morgan fingerprint density at radius 3 is 2.34 bits per heavy atom. The topological polar surface area (TPSA) is 75.7 Å². The van der Waals surface area contributed by atoms with Crippen molar-refractivity contribution in [2.45, 2.75) is 18.7 Å². The maximum atomic E-state index is 13.5. The SMILES string of the molecule is Cc1cccc(N(CC(=O)NCCOc2ccc3ccccc3c2)S(=O)(=O)c2ccccc2)c1C. The van der Waals surface area contributed by atoms with Crippen LogP contribution in [-0.4, -0.2) is 34.0 Å². The molecule has 1 amide bonds. The molecular formula is C28H28N2O4S. The molecule has 0 saturated heterocycles. The van der Waals surface area contributed by atoms with Gasteiger partial charge in [-0.05, 0) is 66.1 Å². The van der Waals surface area contributed by atoms with Gasteiger partial charge in [0.25, 0.3) is 10.0 Å². The van der Waals surface area contributed by atoms with E-state index in [1.54, 1.807) is 30.3 Å². The zero-order chi connectivity index (χ0) is 24.8. The Hall–Kier alpha value is -3.84. The van der Waals surface area contributed by atoms with Gasteiger partial charge in [-0.1, -0.05) is 60.7 Å². The molecule has 180 valence electrons. The van der Waals surface area contributed by atoms with Crippen LogP contribution in [0.2, 0.25) is 0 Å². The number of ether oxygens (including phenoxy) is 1. The first kappa shape index (κ1) is 24.3. The second-order valence-electron chi connectivity index (χ2n) is 8.25. The van der Waals surface area contributed by atoms with Gasteiger partial charge in [-0.3, -0.25) is 9.10 Å². The van der Waals surface area contributed by atoms with Crippen LogP contribution >= 0.6 is 0 Å². The molecule has 4 aromatic carbocycles. The molecule has 6 nitrogen and oxygen atoms in total. The number of carbonyl (C=O) groups is 1. The first-order valence-electron chi connectivity index (χ1n) is 11.4. The third-order valence-corrected chi connectivity index (χ3v) is 7.65. The maximum Gasteiger partial charge on any atom is 0.264 e. The van der Waals surface area contributed by atoms with Crippen LogP contribution in [0.4, 0.5) is 5.69 Å². The zero-order valence-corrected chi connectivity index (χ0v) is 20.6. The number of hydrogen-bond acceptors (Lipinski definition) is 4. The molecule has 0 spiro atoms. The van der Waals surface area contributed by atoms with Gasteiger partial charge in [0.2, 0.25) is 5.91 Å². The molecule has 1 N–H and O–H groups in total. The number of nitrogens with one attached hydrogen (secondary N) is 1. The lowest BCUT2D eigenvalue weighted by molar-refractivity contribution is -0.119. The highest BCUT2D eigenvalue weighted by atomic mass is 32.2. The molecule has 0 aliphatic heterocycles. The summed E-state index contributed by atoms with van der Waals surface area (Å²) in [6.45, 7) is 3.94. The minimum absolute atomic E-state index is 0.133. The van der Waals surface area contributed by atoms with E-state index in [2.05, 4.69) is 5.32 Å². The lowest BCUT2D eigenvalue weighted by Crippen LogP contribution is -2.42. The summed E-state index contributed by atoms with van der Waals surface area (Å²) in [6, 6.07) is 27.4. The highest BCUT2D eigenvalue weighted by molar-refractivity contribution is 7.92. The summed E-state index contributed by atoms with van der Waals surface area (Å²) in [5.74, 6) is 0.300. The molecular weight excluding hydrogens is 460 g/mol. The summed E-state index contributed by atoms with van der Waals surface area (Å²) in [5.41, 5.74) is 2.23. The third-order valence-electron chi connectivity index (χ3n) is 5.88. The average Bonchev–Trinajstić information content (AvgIpc) is 2.87. The first-order chi connectivity index (χ1) is 16.9. The molecule has 0 radical (unpaired) electrons. The van der Waals surface area contributed by atoms with E-state index in [9.17, 15) is 13.2 Å². The second kappa shape index (κ2) is 10.6. The van der Waals surface area contributed by atoms with Crippen molar-refractivity contribution in [3.63, 3.8) is 0 Å². The van der Waals surface area contributed by atoms with Crippen molar-refractivity contribution in [2.75, 3.05) is 24.0 Å². The highest BCUT2D eigenvalue weighted by Gasteiger charge is 2.28. The lowest BCUT2D eigenvalue weighted by atomic mass is 10.1. The van der Waals surface area contributed by atoms with Crippen molar-refractivity contribution in [2.24, 2.45) is 0 Å². The van der Waals surface area contributed by atoms with Crippen LogP contribution in [0.15, 0.2) is 95.9 Å². The smallest absolute Gasteiger partial charge is 0.264 e.